The van der Waals surface area contributed by atoms with Crippen LogP contribution in [0.3, 0.4) is 0 Å². The van der Waals surface area contributed by atoms with Crippen molar-refractivity contribution < 1.29 is 4.79 Å². The van der Waals surface area contributed by atoms with Gasteiger partial charge in [0.05, 0.1) is 11.0 Å². The molecule has 1 heterocycles. The maximum Gasteiger partial charge on any atom is 0.272 e. The summed E-state index contributed by atoms with van der Waals surface area (Å²) in [6.45, 7) is 6.83. The van der Waals surface area contributed by atoms with Crippen LogP contribution in [0.4, 0.5) is 0 Å². The summed E-state index contributed by atoms with van der Waals surface area (Å²) < 4.78 is 1.68. The van der Waals surface area contributed by atoms with E-state index in [0.29, 0.717) is 29.9 Å². The number of carbonyl (C=O) groups excluding carboxylic acids is 1. The second-order valence-corrected chi connectivity index (χ2v) is 6.38. The van der Waals surface area contributed by atoms with Crippen molar-refractivity contribution in [2.75, 3.05) is 6.54 Å². The van der Waals surface area contributed by atoms with E-state index in [1.54, 1.807) is 29.7 Å². The molecule has 2 aromatic carbocycles. The molecule has 0 spiro atoms. The monoisotopic (exact) mass is 349 g/mol. The van der Waals surface area contributed by atoms with Gasteiger partial charge < -0.3 is 9.88 Å². The van der Waals surface area contributed by atoms with E-state index in [1.807, 2.05) is 19.1 Å². The van der Waals surface area contributed by atoms with Crippen molar-refractivity contribution in [1.29, 1.82) is 0 Å². The summed E-state index contributed by atoms with van der Waals surface area (Å²) in [5.74, 6) is -0.130. The standard InChI is InChI=1S/C21H23N3O2/c1-4-24-19-10-9-17(13-18(19)23-15(3)21(24)26)20(25)22-12-11-16-8-6-5-7-14(16)2/h5-10,13H,4,11-12H2,1-3H3,(H,22,25). The van der Waals surface area contributed by atoms with Crippen molar-refractivity contribution in [1.82, 2.24) is 14.9 Å². The highest BCUT2D eigenvalue weighted by molar-refractivity contribution is 5.97. The van der Waals surface area contributed by atoms with Crippen LogP contribution in [0.2, 0.25) is 0 Å². The fraction of sp³-hybridized carbons (Fsp3) is 0.286. The molecule has 26 heavy (non-hydrogen) atoms. The number of aryl methyl sites for hydroxylation is 3. The van der Waals surface area contributed by atoms with Crippen LogP contribution in [0.5, 0.6) is 0 Å². The maximum absolute atomic E-state index is 12.5. The van der Waals surface area contributed by atoms with Gasteiger partial charge in [-0.25, -0.2) is 4.98 Å². The van der Waals surface area contributed by atoms with E-state index in [1.165, 1.54) is 11.1 Å². The lowest BCUT2D eigenvalue weighted by Gasteiger charge is -2.11. The van der Waals surface area contributed by atoms with Gasteiger partial charge in [-0.2, -0.15) is 0 Å². The van der Waals surface area contributed by atoms with Crippen LogP contribution in [-0.2, 0) is 13.0 Å². The minimum Gasteiger partial charge on any atom is -0.352 e. The summed E-state index contributed by atoms with van der Waals surface area (Å²) in [4.78, 5) is 29.0. The highest BCUT2D eigenvalue weighted by Crippen LogP contribution is 2.14. The molecule has 0 unspecified atom stereocenters. The average molecular weight is 349 g/mol. The number of fused-ring (bicyclic) bond motifs is 1. The van der Waals surface area contributed by atoms with E-state index in [0.717, 1.165) is 11.9 Å². The molecule has 134 valence electrons. The van der Waals surface area contributed by atoms with E-state index < -0.39 is 0 Å². The molecule has 0 aliphatic carbocycles. The van der Waals surface area contributed by atoms with Crippen LogP contribution < -0.4 is 10.9 Å². The Balaban J connectivity index is 1.77. The lowest BCUT2D eigenvalue weighted by atomic mass is 10.1. The molecule has 0 aliphatic rings. The van der Waals surface area contributed by atoms with Gasteiger partial charge in [0, 0.05) is 18.7 Å². The molecule has 0 saturated heterocycles. The van der Waals surface area contributed by atoms with Crippen molar-refractivity contribution in [3.8, 4) is 0 Å². The van der Waals surface area contributed by atoms with Crippen LogP contribution in [0.25, 0.3) is 11.0 Å². The SMILES string of the molecule is CCn1c(=O)c(C)nc2cc(C(=O)NCCc3ccccc3C)ccc21. The zero-order chi connectivity index (χ0) is 18.7. The van der Waals surface area contributed by atoms with Crippen LogP contribution in [0.1, 0.15) is 34.1 Å². The van der Waals surface area contributed by atoms with E-state index in [9.17, 15) is 9.59 Å². The molecule has 5 nitrogen and oxygen atoms in total. The van der Waals surface area contributed by atoms with Crippen molar-refractivity contribution in [3.63, 3.8) is 0 Å². The first-order valence-corrected chi connectivity index (χ1v) is 8.85. The molecule has 1 amide bonds. The lowest BCUT2D eigenvalue weighted by Crippen LogP contribution is -2.26. The molecular weight excluding hydrogens is 326 g/mol. The summed E-state index contributed by atoms with van der Waals surface area (Å²) in [6.07, 6.45) is 0.790. The van der Waals surface area contributed by atoms with E-state index >= 15 is 0 Å². The Morgan fingerprint density at radius 2 is 1.92 bits per heavy atom. The number of benzene rings is 2. The van der Waals surface area contributed by atoms with Gasteiger partial charge in [-0.05, 0) is 56.5 Å². The van der Waals surface area contributed by atoms with Gasteiger partial charge >= 0.3 is 0 Å². The number of aromatic nitrogens is 2. The first kappa shape index (κ1) is 17.9. The van der Waals surface area contributed by atoms with Crippen LogP contribution in [0, 0.1) is 13.8 Å². The number of hydrogen-bond donors (Lipinski definition) is 1. The molecule has 0 aliphatic heterocycles. The summed E-state index contributed by atoms with van der Waals surface area (Å²) >= 11 is 0. The van der Waals surface area contributed by atoms with Gasteiger partial charge in [0.15, 0.2) is 0 Å². The summed E-state index contributed by atoms with van der Waals surface area (Å²) in [6, 6.07) is 13.5. The van der Waals surface area contributed by atoms with Crippen molar-refractivity contribution in [2.45, 2.75) is 33.7 Å². The van der Waals surface area contributed by atoms with Crippen LogP contribution in [-0.4, -0.2) is 22.0 Å². The molecule has 0 fully saturated rings. The first-order valence-electron chi connectivity index (χ1n) is 8.85. The molecule has 3 rings (SSSR count). The fourth-order valence-corrected chi connectivity index (χ4v) is 3.13. The number of nitrogens with one attached hydrogen (secondary N) is 1. The molecule has 3 aromatic rings. The molecular formula is C21H23N3O2. The molecule has 5 heteroatoms. The zero-order valence-corrected chi connectivity index (χ0v) is 15.4. The van der Waals surface area contributed by atoms with E-state index in [-0.39, 0.29) is 11.5 Å². The van der Waals surface area contributed by atoms with Crippen LogP contribution in [0.15, 0.2) is 47.3 Å². The Kier molecular flexibility index (Phi) is 5.16. The van der Waals surface area contributed by atoms with Gasteiger partial charge in [-0.3, -0.25) is 9.59 Å². The second kappa shape index (κ2) is 7.52. The zero-order valence-electron chi connectivity index (χ0n) is 15.4. The Morgan fingerprint density at radius 3 is 2.65 bits per heavy atom. The highest BCUT2D eigenvalue weighted by Gasteiger charge is 2.11. The average Bonchev–Trinajstić information content (AvgIpc) is 2.64. The topological polar surface area (TPSA) is 64.0 Å². The minimum atomic E-state index is -0.130. The molecule has 1 aromatic heterocycles. The predicted octanol–water partition coefficient (Wildman–Crippen LogP) is 3.01. The Morgan fingerprint density at radius 1 is 1.15 bits per heavy atom. The Bertz CT molecular complexity index is 1020. The van der Waals surface area contributed by atoms with Gasteiger partial charge in [-0.15, -0.1) is 0 Å². The number of nitrogens with zero attached hydrogens (tertiary/aromatic N) is 2. The predicted molar refractivity (Wildman–Crippen MR) is 104 cm³/mol. The number of hydrogen-bond acceptors (Lipinski definition) is 3. The summed E-state index contributed by atoms with van der Waals surface area (Å²) in [7, 11) is 0. The quantitative estimate of drug-likeness (QED) is 0.770. The van der Waals surface area contributed by atoms with E-state index in [2.05, 4.69) is 29.4 Å². The second-order valence-electron chi connectivity index (χ2n) is 6.38. The molecule has 0 atom stereocenters. The summed E-state index contributed by atoms with van der Waals surface area (Å²) in [5, 5.41) is 2.96. The first-order chi connectivity index (χ1) is 12.5. The smallest absolute Gasteiger partial charge is 0.272 e. The largest absolute Gasteiger partial charge is 0.352 e. The van der Waals surface area contributed by atoms with Crippen LogP contribution >= 0.6 is 0 Å². The minimum absolute atomic E-state index is 0.0876. The third kappa shape index (κ3) is 3.52. The molecule has 0 saturated carbocycles. The van der Waals surface area contributed by atoms with Crippen molar-refractivity contribution >= 4 is 16.9 Å². The highest BCUT2D eigenvalue weighted by atomic mass is 16.1. The number of carbonyl (C=O) groups is 1. The molecule has 1 N–H and O–H groups in total. The maximum atomic E-state index is 12.5. The van der Waals surface area contributed by atoms with Gasteiger partial charge in [0.1, 0.15) is 5.69 Å². The Hall–Kier alpha value is -2.95. The van der Waals surface area contributed by atoms with Gasteiger partial charge in [0.2, 0.25) is 0 Å². The molecule has 0 radical (unpaired) electrons. The molecule has 0 bridgehead atoms. The van der Waals surface area contributed by atoms with Crippen molar-refractivity contribution in [3.05, 3.63) is 75.2 Å². The Labute approximate surface area is 152 Å². The number of rotatable bonds is 5. The number of amides is 1. The third-order valence-electron chi connectivity index (χ3n) is 4.63. The normalized spacial score (nSPS) is 10.9. The van der Waals surface area contributed by atoms with Gasteiger partial charge in [-0.1, -0.05) is 24.3 Å². The lowest BCUT2D eigenvalue weighted by molar-refractivity contribution is 0.0954. The summed E-state index contributed by atoms with van der Waals surface area (Å²) in [5.41, 5.74) is 4.78. The fourth-order valence-electron chi connectivity index (χ4n) is 3.13. The van der Waals surface area contributed by atoms with Crippen molar-refractivity contribution in [2.24, 2.45) is 0 Å². The van der Waals surface area contributed by atoms with Gasteiger partial charge in [0.25, 0.3) is 11.5 Å². The third-order valence-corrected chi connectivity index (χ3v) is 4.63. The van der Waals surface area contributed by atoms with E-state index in [4.69, 9.17) is 0 Å².